The molecule has 0 spiro atoms. The van der Waals surface area contributed by atoms with Crippen LogP contribution in [0.25, 0.3) is 0 Å². The fraction of sp³-hybridized carbons (Fsp3) is 0.316. The molecule has 0 unspecified atom stereocenters. The van der Waals surface area contributed by atoms with Crippen LogP contribution in [0.2, 0.25) is 5.02 Å². The van der Waals surface area contributed by atoms with Crippen molar-refractivity contribution in [2.45, 2.75) is 25.0 Å². The van der Waals surface area contributed by atoms with Gasteiger partial charge >= 0.3 is 0 Å². The van der Waals surface area contributed by atoms with E-state index in [1.807, 2.05) is 0 Å². The van der Waals surface area contributed by atoms with E-state index in [1.54, 1.807) is 46.8 Å². The molecule has 27 heavy (non-hydrogen) atoms. The zero-order valence-electron chi connectivity index (χ0n) is 14.6. The third-order valence-electron chi connectivity index (χ3n) is 4.45. The lowest BCUT2D eigenvalue weighted by Gasteiger charge is -2.25. The fourth-order valence-corrected chi connectivity index (χ4v) is 5.01. The number of carbonyl (C=O) groups excluding carboxylic acids is 1. The highest BCUT2D eigenvalue weighted by Crippen LogP contribution is 2.26. The van der Waals surface area contributed by atoms with E-state index >= 15 is 0 Å². The molecule has 5 nitrogen and oxygen atoms in total. The lowest BCUT2D eigenvalue weighted by Crippen LogP contribution is -2.36. The molecule has 0 bridgehead atoms. The van der Waals surface area contributed by atoms with Crippen molar-refractivity contribution in [2.24, 2.45) is 0 Å². The minimum absolute atomic E-state index is 0.0444. The molecule has 1 heterocycles. The molecule has 1 fully saturated rings. The Labute approximate surface area is 172 Å². The largest absolute Gasteiger partial charge is 0.322 e. The molecule has 0 aliphatic carbocycles. The van der Waals surface area contributed by atoms with E-state index < -0.39 is 10.0 Å². The van der Waals surface area contributed by atoms with Gasteiger partial charge in [0.25, 0.3) is 5.91 Å². The van der Waals surface area contributed by atoms with E-state index in [1.165, 1.54) is 0 Å². The Bertz CT molecular complexity index is 926. The number of nitrogens with zero attached hydrogens (tertiary/aromatic N) is 1. The lowest BCUT2D eigenvalue weighted by atomic mass is 10.1. The van der Waals surface area contributed by atoms with Gasteiger partial charge in [-0.05, 0) is 64.7 Å². The van der Waals surface area contributed by atoms with Gasteiger partial charge in [0, 0.05) is 28.8 Å². The SMILES string of the molecule is O=C(Nc1ccc(Br)c(Cl)c1)c1ccc(CS(=O)(=O)N2CCCCC2)cc1. The smallest absolute Gasteiger partial charge is 0.255 e. The molecule has 1 amide bonds. The maximum atomic E-state index is 12.5. The first kappa shape index (κ1) is 20.3. The summed E-state index contributed by atoms with van der Waals surface area (Å²) in [5.74, 6) is -0.323. The standard InChI is InChI=1S/C19H20BrClN2O3S/c20-17-9-8-16(12-18(17)21)22-19(24)15-6-4-14(5-7-15)13-27(25,26)23-10-2-1-3-11-23/h4-9,12H,1-3,10-11,13H2,(H,22,24). The van der Waals surface area contributed by atoms with Crippen molar-refractivity contribution in [3.63, 3.8) is 0 Å². The van der Waals surface area contributed by atoms with Crippen LogP contribution < -0.4 is 5.32 Å². The molecular weight excluding hydrogens is 452 g/mol. The van der Waals surface area contributed by atoms with E-state index in [0.717, 1.165) is 23.7 Å². The van der Waals surface area contributed by atoms with Crippen LogP contribution in [0.4, 0.5) is 5.69 Å². The molecule has 0 aromatic heterocycles. The normalized spacial score (nSPS) is 15.5. The van der Waals surface area contributed by atoms with Gasteiger partial charge in [0.1, 0.15) is 0 Å². The Balaban J connectivity index is 1.65. The Morgan fingerprint density at radius 1 is 1.07 bits per heavy atom. The predicted octanol–water partition coefficient (Wildman–Crippen LogP) is 4.67. The first-order chi connectivity index (χ1) is 12.8. The zero-order valence-corrected chi connectivity index (χ0v) is 17.8. The summed E-state index contributed by atoms with van der Waals surface area (Å²) in [7, 11) is -3.31. The van der Waals surface area contributed by atoms with Crippen molar-refractivity contribution >= 4 is 49.1 Å². The second kappa shape index (κ2) is 8.73. The van der Waals surface area contributed by atoms with E-state index in [0.29, 0.717) is 34.9 Å². The number of piperidine rings is 1. The van der Waals surface area contributed by atoms with Gasteiger partial charge in [0.05, 0.1) is 10.8 Å². The van der Waals surface area contributed by atoms with Gasteiger partial charge in [0.2, 0.25) is 10.0 Å². The zero-order chi connectivity index (χ0) is 19.4. The second-order valence-corrected chi connectivity index (χ2v) is 9.73. The molecule has 1 N–H and O–H groups in total. The summed E-state index contributed by atoms with van der Waals surface area (Å²) in [6.07, 6.45) is 2.91. The Morgan fingerprint density at radius 3 is 2.37 bits per heavy atom. The van der Waals surface area contributed by atoms with Gasteiger partial charge in [-0.15, -0.1) is 0 Å². The third kappa shape index (κ3) is 5.31. The second-order valence-electron chi connectivity index (χ2n) is 6.50. The molecular formula is C19H20BrClN2O3S. The van der Waals surface area contributed by atoms with Crippen molar-refractivity contribution in [3.8, 4) is 0 Å². The highest BCUT2D eigenvalue weighted by molar-refractivity contribution is 9.10. The fourth-order valence-electron chi connectivity index (χ4n) is 2.97. The molecule has 0 atom stereocenters. The van der Waals surface area contributed by atoms with Crippen LogP contribution in [0, 0.1) is 0 Å². The van der Waals surface area contributed by atoms with E-state index in [2.05, 4.69) is 21.2 Å². The summed E-state index contributed by atoms with van der Waals surface area (Å²) in [6.45, 7) is 1.19. The summed E-state index contributed by atoms with van der Waals surface area (Å²) in [4.78, 5) is 12.4. The third-order valence-corrected chi connectivity index (χ3v) is 7.53. The summed E-state index contributed by atoms with van der Waals surface area (Å²) >= 11 is 9.33. The molecule has 1 aliphatic heterocycles. The Kier molecular flexibility index (Phi) is 6.57. The Hall–Kier alpha value is -1.41. The van der Waals surface area contributed by atoms with Gasteiger partial charge in [-0.25, -0.2) is 12.7 Å². The molecule has 0 radical (unpaired) electrons. The highest BCUT2D eigenvalue weighted by Gasteiger charge is 2.24. The molecule has 1 aliphatic rings. The number of hydrogen-bond acceptors (Lipinski definition) is 3. The minimum Gasteiger partial charge on any atom is -0.322 e. The van der Waals surface area contributed by atoms with Crippen LogP contribution in [-0.2, 0) is 15.8 Å². The van der Waals surface area contributed by atoms with E-state index in [9.17, 15) is 13.2 Å². The van der Waals surface area contributed by atoms with Gasteiger partial charge in [0.15, 0.2) is 0 Å². The number of anilines is 1. The number of carbonyl (C=O) groups is 1. The molecule has 2 aromatic rings. The topological polar surface area (TPSA) is 66.5 Å². The quantitative estimate of drug-likeness (QED) is 0.689. The number of halogens is 2. The van der Waals surface area contributed by atoms with Crippen molar-refractivity contribution < 1.29 is 13.2 Å². The van der Waals surface area contributed by atoms with Crippen LogP contribution in [0.3, 0.4) is 0 Å². The number of hydrogen-bond donors (Lipinski definition) is 1. The van der Waals surface area contributed by atoms with Gasteiger partial charge in [-0.3, -0.25) is 4.79 Å². The minimum atomic E-state index is -3.31. The molecule has 1 saturated heterocycles. The van der Waals surface area contributed by atoms with Crippen molar-refractivity contribution in [3.05, 3.63) is 63.1 Å². The summed E-state index contributed by atoms with van der Waals surface area (Å²) < 4.78 is 27.3. The van der Waals surface area contributed by atoms with Crippen molar-refractivity contribution in [1.29, 1.82) is 0 Å². The van der Waals surface area contributed by atoms with Gasteiger partial charge in [-0.2, -0.15) is 0 Å². The van der Waals surface area contributed by atoms with Crippen LogP contribution in [0.1, 0.15) is 35.2 Å². The first-order valence-electron chi connectivity index (χ1n) is 8.68. The van der Waals surface area contributed by atoms with Crippen LogP contribution in [0.5, 0.6) is 0 Å². The van der Waals surface area contributed by atoms with E-state index in [-0.39, 0.29) is 11.7 Å². The maximum absolute atomic E-state index is 12.5. The molecule has 144 valence electrons. The van der Waals surface area contributed by atoms with E-state index in [4.69, 9.17) is 11.6 Å². The summed E-state index contributed by atoms with van der Waals surface area (Å²) in [6, 6.07) is 11.8. The number of rotatable bonds is 5. The van der Waals surface area contributed by atoms with Crippen LogP contribution >= 0.6 is 27.5 Å². The average molecular weight is 472 g/mol. The number of benzene rings is 2. The Morgan fingerprint density at radius 2 is 1.74 bits per heavy atom. The molecule has 3 rings (SSSR count). The van der Waals surface area contributed by atoms with Gasteiger partial charge < -0.3 is 5.32 Å². The average Bonchev–Trinajstić information content (AvgIpc) is 2.66. The lowest BCUT2D eigenvalue weighted by molar-refractivity contribution is 0.102. The first-order valence-corrected chi connectivity index (χ1v) is 11.5. The molecule has 8 heteroatoms. The van der Waals surface area contributed by atoms with Crippen molar-refractivity contribution in [1.82, 2.24) is 4.31 Å². The molecule has 2 aromatic carbocycles. The maximum Gasteiger partial charge on any atom is 0.255 e. The summed E-state index contributed by atoms with van der Waals surface area (Å²) in [5.41, 5.74) is 1.71. The predicted molar refractivity (Wildman–Crippen MR) is 112 cm³/mol. The summed E-state index contributed by atoms with van der Waals surface area (Å²) in [5, 5.41) is 3.28. The van der Waals surface area contributed by atoms with Crippen LogP contribution in [-0.4, -0.2) is 31.7 Å². The van der Waals surface area contributed by atoms with Crippen molar-refractivity contribution in [2.75, 3.05) is 18.4 Å². The number of nitrogens with one attached hydrogen (secondary N) is 1. The van der Waals surface area contributed by atoms with Gasteiger partial charge in [-0.1, -0.05) is 30.2 Å². The highest BCUT2D eigenvalue weighted by atomic mass is 79.9. The van der Waals surface area contributed by atoms with Crippen LogP contribution in [0.15, 0.2) is 46.9 Å². The monoisotopic (exact) mass is 470 g/mol. The number of sulfonamides is 1. The molecule has 0 saturated carbocycles. The number of amides is 1.